The minimum absolute atomic E-state index is 0.102. The summed E-state index contributed by atoms with van der Waals surface area (Å²) >= 11 is 6.20. The van der Waals surface area contributed by atoms with Crippen molar-refractivity contribution in [2.75, 3.05) is 6.54 Å². The number of fused-ring (bicyclic) bond motifs is 4. The molecule has 1 unspecified atom stereocenters. The average Bonchev–Trinajstić information content (AvgIpc) is 2.64. The molecule has 4 rings (SSSR count). The van der Waals surface area contributed by atoms with Crippen molar-refractivity contribution in [2.45, 2.75) is 31.1 Å². The van der Waals surface area contributed by atoms with Gasteiger partial charge in [-0.2, -0.15) is 0 Å². The molecule has 1 fully saturated rings. The van der Waals surface area contributed by atoms with E-state index in [1.807, 2.05) is 18.3 Å². The Morgan fingerprint density at radius 2 is 2.05 bits per heavy atom. The number of benzene rings is 1. The van der Waals surface area contributed by atoms with Crippen molar-refractivity contribution in [2.24, 2.45) is 0 Å². The molecule has 22 heavy (non-hydrogen) atoms. The number of rotatable bonds is 0. The van der Waals surface area contributed by atoms with Gasteiger partial charge in [0.05, 0.1) is 5.69 Å². The first-order valence-corrected chi connectivity index (χ1v) is 8.07. The summed E-state index contributed by atoms with van der Waals surface area (Å²) in [5.74, 6) is 0.102. The molecule has 112 valence electrons. The molecule has 1 spiro atoms. The van der Waals surface area contributed by atoms with Crippen LogP contribution in [0.3, 0.4) is 0 Å². The highest BCUT2D eigenvalue weighted by atomic mass is 35.5. The summed E-state index contributed by atoms with van der Waals surface area (Å²) in [6, 6.07) is 10.2. The first-order chi connectivity index (χ1) is 10.7. The Kier molecular flexibility index (Phi) is 3.19. The number of halogens is 1. The van der Waals surface area contributed by atoms with Crippen LogP contribution in [0.4, 0.5) is 0 Å². The number of aryl methyl sites for hydroxylation is 2. The Balaban J connectivity index is 2.00. The van der Waals surface area contributed by atoms with Crippen molar-refractivity contribution in [1.29, 1.82) is 0 Å². The van der Waals surface area contributed by atoms with Crippen molar-refractivity contribution in [3.8, 4) is 0 Å². The van der Waals surface area contributed by atoms with Gasteiger partial charge in [0.2, 0.25) is 5.91 Å². The van der Waals surface area contributed by atoms with Gasteiger partial charge in [-0.15, -0.1) is 0 Å². The molecule has 1 atom stereocenters. The molecule has 2 aliphatic rings. The largest absolute Gasteiger partial charge is 0.356 e. The summed E-state index contributed by atoms with van der Waals surface area (Å²) in [6.07, 6.45) is 5.08. The third-order valence-corrected chi connectivity index (χ3v) is 5.16. The molecule has 1 aromatic carbocycles. The molecule has 1 aromatic heterocycles. The average molecular weight is 313 g/mol. The highest BCUT2D eigenvalue weighted by Crippen LogP contribution is 2.45. The van der Waals surface area contributed by atoms with Gasteiger partial charge in [0.1, 0.15) is 0 Å². The van der Waals surface area contributed by atoms with Crippen LogP contribution in [0.15, 0.2) is 36.5 Å². The Labute approximate surface area is 134 Å². The van der Waals surface area contributed by atoms with Crippen LogP contribution < -0.4 is 5.32 Å². The van der Waals surface area contributed by atoms with Gasteiger partial charge in [-0.25, -0.2) is 0 Å². The van der Waals surface area contributed by atoms with E-state index < -0.39 is 0 Å². The van der Waals surface area contributed by atoms with E-state index in [0.717, 1.165) is 30.0 Å². The van der Waals surface area contributed by atoms with Crippen molar-refractivity contribution in [3.05, 3.63) is 63.9 Å². The van der Waals surface area contributed by atoms with Crippen LogP contribution in [0.5, 0.6) is 0 Å². The number of carbonyl (C=O) groups excluding carboxylic acids is 1. The molecule has 4 heteroatoms. The Hall–Kier alpha value is -1.87. The normalized spacial score (nSPS) is 23.4. The monoisotopic (exact) mass is 312 g/mol. The Morgan fingerprint density at radius 3 is 2.91 bits per heavy atom. The number of pyridine rings is 1. The summed E-state index contributed by atoms with van der Waals surface area (Å²) in [5, 5.41) is 3.71. The molecule has 1 aliphatic carbocycles. The summed E-state index contributed by atoms with van der Waals surface area (Å²) in [7, 11) is 0. The van der Waals surface area contributed by atoms with Crippen molar-refractivity contribution in [3.63, 3.8) is 0 Å². The highest BCUT2D eigenvalue weighted by Gasteiger charge is 2.43. The zero-order valence-corrected chi connectivity index (χ0v) is 13.0. The van der Waals surface area contributed by atoms with Crippen LogP contribution in [-0.4, -0.2) is 17.4 Å². The van der Waals surface area contributed by atoms with Crippen LogP contribution >= 0.6 is 11.6 Å². The lowest BCUT2D eigenvalue weighted by atomic mass is 9.69. The minimum Gasteiger partial charge on any atom is -0.356 e. The Bertz CT molecular complexity index is 759. The predicted octanol–water partition coefficient (Wildman–Crippen LogP) is 3.03. The number of piperidine rings is 1. The molecule has 0 radical (unpaired) electrons. The standard InChI is InChI=1S/C18H17ClN2O/c19-14-5-6-15-13(10-14)4-3-12-2-1-8-21-17(12)18(15)7-9-20-16(22)11-18/h1-2,5-6,8,10H,3-4,7,9,11H2,(H,20,22). The fourth-order valence-corrected chi connectivity index (χ4v) is 4.17. The number of hydrogen-bond donors (Lipinski definition) is 1. The smallest absolute Gasteiger partial charge is 0.221 e. The van der Waals surface area contributed by atoms with Crippen LogP contribution in [0.1, 0.15) is 35.2 Å². The van der Waals surface area contributed by atoms with E-state index in [0.29, 0.717) is 13.0 Å². The number of hydrogen-bond acceptors (Lipinski definition) is 2. The summed E-state index contributed by atoms with van der Waals surface area (Å²) in [6.45, 7) is 0.691. The number of nitrogens with one attached hydrogen (secondary N) is 1. The minimum atomic E-state index is -0.310. The van der Waals surface area contributed by atoms with Gasteiger partial charge >= 0.3 is 0 Å². The third kappa shape index (κ3) is 2.03. The predicted molar refractivity (Wildman–Crippen MR) is 86.1 cm³/mol. The van der Waals surface area contributed by atoms with Crippen LogP contribution in [-0.2, 0) is 23.1 Å². The van der Waals surface area contributed by atoms with Gasteiger partial charge in [-0.3, -0.25) is 9.78 Å². The zero-order valence-electron chi connectivity index (χ0n) is 12.2. The highest BCUT2D eigenvalue weighted by molar-refractivity contribution is 6.30. The lowest BCUT2D eigenvalue weighted by Gasteiger charge is -2.38. The topological polar surface area (TPSA) is 42.0 Å². The first-order valence-electron chi connectivity index (χ1n) is 7.69. The van der Waals surface area contributed by atoms with Gasteiger partial charge in [-0.05, 0) is 54.2 Å². The van der Waals surface area contributed by atoms with Gasteiger partial charge < -0.3 is 5.32 Å². The van der Waals surface area contributed by atoms with Crippen LogP contribution in [0.25, 0.3) is 0 Å². The second-order valence-corrected chi connectivity index (χ2v) is 6.61. The van der Waals surface area contributed by atoms with E-state index in [4.69, 9.17) is 16.6 Å². The number of amides is 1. The molecular weight excluding hydrogens is 296 g/mol. The van der Waals surface area contributed by atoms with Crippen molar-refractivity contribution >= 4 is 17.5 Å². The molecule has 1 N–H and O–H groups in total. The molecule has 2 aromatic rings. The van der Waals surface area contributed by atoms with Crippen molar-refractivity contribution in [1.82, 2.24) is 10.3 Å². The van der Waals surface area contributed by atoms with E-state index in [2.05, 4.69) is 23.5 Å². The van der Waals surface area contributed by atoms with Gasteiger partial charge in [-0.1, -0.05) is 23.7 Å². The number of aromatic nitrogens is 1. The molecule has 1 aliphatic heterocycles. The molecule has 2 heterocycles. The number of carbonyl (C=O) groups is 1. The van der Waals surface area contributed by atoms with Gasteiger partial charge in [0.15, 0.2) is 0 Å². The van der Waals surface area contributed by atoms with Crippen molar-refractivity contribution < 1.29 is 4.79 Å². The summed E-state index contributed by atoms with van der Waals surface area (Å²) in [5.41, 5.74) is 4.50. The van der Waals surface area contributed by atoms with E-state index in [9.17, 15) is 4.79 Å². The second-order valence-electron chi connectivity index (χ2n) is 6.17. The second kappa shape index (κ2) is 5.10. The molecular formula is C18H17ClN2O. The van der Waals surface area contributed by atoms with Crippen LogP contribution in [0.2, 0.25) is 5.02 Å². The SMILES string of the molecule is O=C1CC2(CCN1)c1ccc(Cl)cc1CCc1cccnc12. The maximum atomic E-state index is 12.2. The van der Waals surface area contributed by atoms with Crippen LogP contribution in [0, 0.1) is 0 Å². The molecule has 0 saturated carbocycles. The quantitative estimate of drug-likeness (QED) is 0.812. The molecule has 1 amide bonds. The first kappa shape index (κ1) is 13.8. The zero-order chi connectivity index (χ0) is 15.2. The molecule has 1 saturated heterocycles. The fourth-order valence-electron chi connectivity index (χ4n) is 3.98. The van der Waals surface area contributed by atoms with E-state index in [-0.39, 0.29) is 11.3 Å². The lowest BCUT2D eigenvalue weighted by molar-refractivity contribution is -0.123. The van der Waals surface area contributed by atoms with E-state index >= 15 is 0 Å². The molecule has 3 nitrogen and oxygen atoms in total. The maximum absolute atomic E-state index is 12.2. The molecule has 0 bridgehead atoms. The van der Waals surface area contributed by atoms with E-state index in [1.165, 1.54) is 16.7 Å². The number of nitrogens with zero attached hydrogens (tertiary/aromatic N) is 1. The lowest BCUT2D eigenvalue weighted by Crippen LogP contribution is -2.45. The maximum Gasteiger partial charge on any atom is 0.221 e. The summed E-state index contributed by atoms with van der Waals surface area (Å²) in [4.78, 5) is 16.9. The fraction of sp³-hybridized carbons (Fsp3) is 0.333. The Morgan fingerprint density at radius 1 is 1.18 bits per heavy atom. The third-order valence-electron chi connectivity index (χ3n) is 4.93. The van der Waals surface area contributed by atoms with Gasteiger partial charge in [0, 0.05) is 29.6 Å². The van der Waals surface area contributed by atoms with Gasteiger partial charge in [0.25, 0.3) is 0 Å². The van der Waals surface area contributed by atoms with E-state index in [1.54, 1.807) is 0 Å². The summed E-state index contributed by atoms with van der Waals surface area (Å²) < 4.78 is 0.